The highest BCUT2D eigenvalue weighted by molar-refractivity contribution is 7.89. The summed E-state index contributed by atoms with van der Waals surface area (Å²) in [5.41, 5.74) is 2.50. The number of hydrogen-bond acceptors (Lipinski definition) is 10. The van der Waals surface area contributed by atoms with Crippen LogP contribution in [0.4, 0.5) is 5.69 Å². The number of para-hydroxylation sites is 1. The highest BCUT2D eigenvalue weighted by Gasteiger charge is 2.37. The number of unbranched alkanes of at least 4 members (excludes halogenated alkanes) is 1. The molecule has 0 aliphatic carbocycles. The number of benzene rings is 3. The molecule has 3 aromatic rings. The van der Waals surface area contributed by atoms with Gasteiger partial charge in [-0.05, 0) is 74.4 Å². The van der Waals surface area contributed by atoms with E-state index in [9.17, 15) is 36.6 Å². The van der Waals surface area contributed by atoms with Crippen LogP contribution >= 0.6 is 0 Å². The van der Waals surface area contributed by atoms with E-state index in [1.807, 2.05) is 45.0 Å². The number of aliphatic hydroxyl groups is 2. The van der Waals surface area contributed by atoms with Gasteiger partial charge in [-0.15, -0.1) is 0 Å². The van der Waals surface area contributed by atoms with Gasteiger partial charge in [0.2, 0.25) is 26.0 Å². The predicted octanol–water partition coefficient (Wildman–Crippen LogP) is 3.43. The Balaban J connectivity index is 1.48. The summed E-state index contributed by atoms with van der Waals surface area (Å²) < 4.78 is 63.3. The van der Waals surface area contributed by atoms with Gasteiger partial charge in [-0.1, -0.05) is 67.9 Å². The number of carbonyl (C=O) groups excluding carboxylic acids is 2. The van der Waals surface area contributed by atoms with Gasteiger partial charge in [-0.25, -0.2) is 16.8 Å². The van der Waals surface area contributed by atoms with Crippen LogP contribution < -0.4 is 10.0 Å². The zero-order valence-corrected chi connectivity index (χ0v) is 31.2. The SMILES string of the molecule is Cc1ccc(S(=O)(=O)N(CC(C)C)[C@@H](CCCCNC(=O)[C@H](CC2C=Nc3ccccc32)NS(=O)(=O)c2ccccc2)C(=O)OCC(O)CO)cc1. The Morgan fingerprint density at radius 2 is 1.60 bits per heavy atom. The van der Waals surface area contributed by atoms with E-state index in [1.165, 1.54) is 24.3 Å². The van der Waals surface area contributed by atoms with Crippen LogP contribution in [-0.2, 0) is 34.4 Å². The van der Waals surface area contributed by atoms with Crippen molar-refractivity contribution >= 4 is 43.8 Å². The zero-order chi connectivity index (χ0) is 37.9. The Morgan fingerprint density at radius 1 is 0.923 bits per heavy atom. The van der Waals surface area contributed by atoms with Gasteiger partial charge < -0.3 is 20.3 Å². The molecule has 3 aromatic carbocycles. The number of sulfonamides is 2. The fourth-order valence-corrected chi connectivity index (χ4v) is 8.78. The number of esters is 1. The lowest BCUT2D eigenvalue weighted by Crippen LogP contribution is -2.48. The van der Waals surface area contributed by atoms with Crippen LogP contribution in [0.15, 0.2) is 93.6 Å². The standard InChI is InChI=1S/C37H48N4O9S2/c1-26(2)23-41(52(48,49)31-18-16-27(3)17-19-31)35(37(45)50-25-29(43)24-42)15-9-10-20-38-36(44)34(40-51(46,47)30-11-5-4-6-12-30)21-28-22-39-33-14-8-7-13-32(28)33/h4-8,11-14,16-19,22,26,28-29,34-35,40,42-43H,9-10,15,20-21,23-25H2,1-3H3,(H,38,44)/t28?,29?,34-,35-/m0/s1. The van der Waals surface area contributed by atoms with Crippen molar-refractivity contribution in [2.45, 2.75) is 80.4 Å². The minimum absolute atomic E-state index is 0.00605. The van der Waals surface area contributed by atoms with Gasteiger partial charge in [0.15, 0.2) is 0 Å². The van der Waals surface area contributed by atoms with Crippen LogP contribution in [0.5, 0.6) is 0 Å². The van der Waals surface area contributed by atoms with Gasteiger partial charge in [-0.2, -0.15) is 9.03 Å². The second-order valence-electron chi connectivity index (χ2n) is 13.2. The average molecular weight is 757 g/mol. The number of aliphatic imine (C=N–C) groups is 1. The van der Waals surface area contributed by atoms with E-state index in [0.717, 1.165) is 21.1 Å². The maximum absolute atomic E-state index is 13.9. The molecule has 0 spiro atoms. The van der Waals surface area contributed by atoms with Crippen molar-refractivity contribution in [3.05, 3.63) is 90.0 Å². The Labute approximate surface area is 306 Å². The first kappa shape index (κ1) is 40.8. The van der Waals surface area contributed by atoms with Gasteiger partial charge in [0.05, 0.1) is 22.1 Å². The summed E-state index contributed by atoms with van der Waals surface area (Å²) in [6.45, 7) is 4.43. The quantitative estimate of drug-likeness (QED) is 0.0988. The summed E-state index contributed by atoms with van der Waals surface area (Å²) in [5.74, 6) is -1.88. The van der Waals surface area contributed by atoms with E-state index in [4.69, 9.17) is 4.74 Å². The molecular weight excluding hydrogens is 709 g/mol. The summed E-state index contributed by atoms with van der Waals surface area (Å²) >= 11 is 0. The van der Waals surface area contributed by atoms with Crippen LogP contribution in [0.1, 0.15) is 56.6 Å². The van der Waals surface area contributed by atoms with E-state index in [0.29, 0.717) is 6.42 Å². The summed E-state index contributed by atoms with van der Waals surface area (Å²) in [5, 5.41) is 21.8. The van der Waals surface area contributed by atoms with Crippen LogP contribution in [0.25, 0.3) is 0 Å². The highest BCUT2D eigenvalue weighted by Crippen LogP contribution is 2.34. The molecule has 1 amide bonds. The predicted molar refractivity (Wildman–Crippen MR) is 197 cm³/mol. The second-order valence-corrected chi connectivity index (χ2v) is 16.8. The Bertz CT molecular complexity index is 1890. The Kier molecular flexibility index (Phi) is 14.6. The molecule has 0 radical (unpaired) electrons. The van der Waals surface area contributed by atoms with E-state index < -0.39 is 63.3 Å². The molecule has 4 rings (SSSR count). The van der Waals surface area contributed by atoms with Crippen LogP contribution in [0.2, 0.25) is 0 Å². The Morgan fingerprint density at radius 3 is 2.27 bits per heavy atom. The first-order valence-corrected chi connectivity index (χ1v) is 20.2. The van der Waals surface area contributed by atoms with Gasteiger partial charge in [0, 0.05) is 25.2 Å². The van der Waals surface area contributed by atoms with Crippen molar-refractivity contribution in [2.24, 2.45) is 10.9 Å². The van der Waals surface area contributed by atoms with Gasteiger partial charge >= 0.3 is 5.97 Å². The van der Waals surface area contributed by atoms with Gasteiger partial charge in [0.1, 0.15) is 24.8 Å². The summed E-state index contributed by atoms with van der Waals surface area (Å²) in [6, 6.07) is 19.1. The van der Waals surface area contributed by atoms with Crippen molar-refractivity contribution in [3.63, 3.8) is 0 Å². The number of aliphatic hydroxyl groups excluding tert-OH is 2. The smallest absolute Gasteiger partial charge is 0.324 e. The molecule has 52 heavy (non-hydrogen) atoms. The number of hydrogen-bond donors (Lipinski definition) is 4. The lowest BCUT2D eigenvalue weighted by molar-refractivity contribution is -0.152. The molecule has 0 fully saturated rings. The summed E-state index contributed by atoms with van der Waals surface area (Å²) in [4.78, 5) is 31.5. The molecule has 0 bridgehead atoms. The molecule has 4 N–H and O–H groups in total. The maximum atomic E-state index is 13.9. The van der Waals surface area contributed by atoms with Crippen molar-refractivity contribution in [1.29, 1.82) is 0 Å². The molecule has 2 unspecified atom stereocenters. The van der Waals surface area contributed by atoms with Crippen LogP contribution in [0.3, 0.4) is 0 Å². The van der Waals surface area contributed by atoms with E-state index >= 15 is 0 Å². The first-order chi connectivity index (χ1) is 24.7. The molecule has 0 aromatic heterocycles. The molecule has 15 heteroatoms. The molecular formula is C37H48N4O9S2. The molecule has 0 saturated carbocycles. The van der Waals surface area contributed by atoms with E-state index in [2.05, 4.69) is 15.0 Å². The molecule has 13 nitrogen and oxygen atoms in total. The monoisotopic (exact) mass is 756 g/mol. The largest absolute Gasteiger partial charge is 0.462 e. The third-order valence-corrected chi connectivity index (χ3v) is 11.9. The summed E-state index contributed by atoms with van der Waals surface area (Å²) in [7, 11) is -8.22. The third kappa shape index (κ3) is 11.0. The number of nitrogens with zero attached hydrogens (tertiary/aromatic N) is 2. The second kappa shape index (κ2) is 18.7. The zero-order valence-electron chi connectivity index (χ0n) is 29.6. The average Bonchev–Trinajstić information content (AvgIpc) is 3.53. The first-order valence-electron chi connectivity index (χ1n) is 17.2. The molecule has 282 valence electrons. The molecule has 1 aliphatic rings. The maximum Gasteiger partial charge on any atom is 0.324 e. The normalized spacial score (nSPS) is 16.0. The lowest BCUT2D eigenvalue weighted by Gasteiger charge is -2.31. The molecule has 0 saturated heterocycles. The van der Waals surface area contributed by atoms with Crippen molar-refractivity contribution in [2.75, 3.05) is 26.3 Å². The lowest BCUT2D eigenvalue weighted by atomic mass is 9.94. The van der Waals surface area contributed by atoms with Crippen LogP contribution in [0, 0.1) is 12.8 Å². The number of aryl methyl sites for hydroxylation is 1. The molecule has 1 aliphatic heterocycles. The highest BCUT2D eigenvalue weighted by atomic mass is 32.2. The van der Waals surface area contributed by atoms with Gasteiger partial charge in [-0.3, -0.25) is 14.6 Å². The number of ether oxygens (including phenoxy) is 1. The minimum atomic E-state index is -4.17. The van der Waals surface area contributed by atoms with Crippen LogP contribution in [-0.4, -0.2) is 93.9 Å². The number of carbonyl (C=O) groups is 2. The topological polar surface area (TPSA) is 192 Å². The van der Waals surface area contributed by atoms with Crippen molar-refractivity contribution in [3.8, 4) is 0 Å². The number of nitrogens with one attached hydrogen (secondary N) is 2. The van der Waals surface area contributed by atoms with Crippen molar-refractivity contribution in [1.82, 2.24) is 14.3 Å². The number of amides is 1. The third-order valence-electron chi connectivity index (χ3n) is 8.51. The Hall–Kier alpha value is -3.99. The number of rotatable bonds is 20. The van der Waals surface area contributed by atoms with E-state index in [-0.39, 0.29) is 54.0 Å². The van der Waals surface area contributed by atoms with Crippen molar-refractivity contribution < 1.29 is 41.4 Å². The summed E-state index contributed by atoms with van der Waals surface area (Å²) in [6.07, 6.45) is 1.12. The minimum Gasteiger partial charge on any atom is -0.462 e. The fraction of sp³-hybridized carbons (Fsp3) is 0.432. The fourth-order valence-electron chi connectivity index (χ4n) is 5.78. The van der Waals surface area contributed by atoms with E-state index in [1.54, 1.807) is 36.5 Å². The number of fused-ring (bicyclic) bond motifs is 1. The van der Waals surface area contributed by atoms with Gasteiger partial charge in [0.25, 0.3) is 0 Å². The molecule has 1 heterocycles. The molecule has 4 atom stereocenters.